The quantitative estimate of drug-likeness (QED) is 0.105. The highest BCUT2D eigenvalue weighted by Gasteiger charge is 2.46. The minimum Gasteiger partial charge on any atom is -0.622 e. The number of thiazole rings is 1. The highest BCUT2D eigenvalue weighted by atomic mass is 35.5. The van der Waals surface area contributed by atoms with Gasteiger partial charge in [0, 0.05) is 6.54 Å². The van der Waals surface area contributed by atoms with Crippen molar-refractivity contribution in [3.63, 3.8) is 0 Å². The molecule has 35 heavy (non-hydrogen) atoms. The van der Waals surface area contributed by atoms with Gasteiger partial charge in [0.2, 0.25) is 0 Å². The number of rotatable bonds is 13. The van der Waals surface area contributed by atoms with Gasteiger partial charge in [-0.15, -0.1) is 0 Å². The van der Waals surface area contributed by atoms with Crippen molar-refractivity contribution in [1.29, 1.82) is 0 Å². The molecule has 0 N–H and O–H groups in total. The zero-order valence-electron chi connectivity index (χ0n) is 20.4. The lowest BCUT2D eigenvalue weighted by Crippen LogP contribution is -2.51. The van der Waals surface area contributed by atoms with Gasteiger partial charge in [-0.1, -0.05) is 48.0 Å². The van der Waals surface area contributed by atoms with Crippen LogP contribution in [0, 0.1) is 5.21 Å². The Hall–Kier alpha value is -2.23. The molecule has 2 atom stereocenters. The summed E-state index contributed by atoms with van der Waals surface area (Å²) in [6.07, 6.45) is 13.9. The van der Waals surface area contributed by atoms with E-state index in [0.29, 0.717) is 16.6 Å². The second-order valence-corrected chi connectivity index (χ2v) is 10.2. The lowest BCUT2D eigenvalue weighted by molar-refractivity contribution is -0.155. The molecule has 0 amide bonds. The van der Waals surface area contributed by atoms with E-state index in [1.165, 1.54) is 11.8 Å². The fourth-order valence-corrected chi connectivity index (χ4v) is 4.93. The molecule has 0 saturated carbocycles. The van der Waals surface area contributed by atoms with Crippen molar-refractivity contribution in [1.82, 2.24) is 14.5 Å². The summed E-state index contributed by atoms with van der Waals surface area (Å²) in [5.41, 5.74) is 1.22. The van der Waals surface area contributed by atoms with Crippen LogP contribution in [0.4, 0.5) is 5.13 Å². The van der Waals surface area contributed by atoms with Crippen LogP contribution in [0.1, 0.15) is 45.1 Å². The molecule has 2 unspecified atom stereocenters. The Labute approximate surface area is 216 Å². The van der Waals surface area contributed by atoms with Crippen molar-refractivity contribution in [3.8, 4) is 5.75 Å². The molecule has 1 aromatic heterocycles. The highest BCUT2D eigenvalue weighted by molar-refractivity contribution is 7.19. The number of nitrogens with zero attached hydrogens (tertiary/aromatic N) is 3. The number of benzene rings is 1. The number of aryl methyl sites for hydroxylation is 1. The van der Waals surface area contributed by atoms with E-state index in [-0.39, 0.29) is 18.4 Å². The summed E-state index contributed by atoms with van der Waals surface area (Å²) in [7, 11) is 0. The average molecular weight is 520 g/mol. The first-order chi connectivity index (χ1) is 16.9. The van der Waals surface area contributed by atoms with Gasteiger partial charge in [-0.3, -0.25) is 4.65 Å². The first-order valence-electron chi connectivity index (χ1n) is 12.0. The Balaban J connectivity index is 1.55. The van der Waals surface area contributed by atoms with E-state index < -0.39 is 16.8 Å². The molecule has 1 aromatic carbocycles. The van der Waals surface area contributed by atoms with Gasteiger partial charge in [0.15, 0.2) is 6.61 Å². The molecule has 1 fully saturated rings. The van der Waals surface area contributed by atoms with Crippen molar-refractivity contribution in [2.24, 2.45) is 0 Å². The Bertz CT molecular complexity index is 995. The summed E-state index contributed by atoms with van der Waals surface area (Å²) in [4.78, 5) is 18.8. The Morgan fingerprint density at radius 1 is 1.23 bits per heavy atom. The fraction of sp³-hybridized carbons (Fsp3) is 0.462. The van der Waals surface area contributed by atoms with Gasteiger partial charge in [0.1, 0.15) is 16.8 Å². The summed E-state index contributed by atoms with van der Waals surface area (Å²) in [6, 6.07) is 7.72. The average Bonchev–Trinajstić information content (AvgIpc) is 3.43. The summed E-state index contributed by atoms with van der Waals surface area (Å²) >= 11 is 7.15. The summed E-state index contributed by atoms with van der Waals surface area (Å²) in [5.74, 6) is 0.00737. The third-order valence-electron chi connectivity index (χ3n) is 5.78. The molecule has 0 bridgehead atoms. The molecule has 190 valence electrons. The number of carbonyl (C=O) groups is 1. The molecule has 0 spiro atoms. The number of halogens is 1. The second-order valence-electron chi connectivity index (χ2n) is 8.51. The largest absolute Gasteiger partial charge is 0.622 e. The smallest absolute Gasteiger partial charge is 0.348 e. The third kappa shape index (κ3) is 8.15. The monoisotopic (exact) mass is 519 g/mol. The van der Waals surface area contributed by atoms with Crippen LogP contribution >= 0.6 is 22.9 Å². The van der Waals surface area contributed by atoms with Crippen LogP contribution < -0.4 is 9.38 Å². The van der Waals surface area contributed by atoms with Crippen LogP contribution in [-0.2, 0) is 16.0 Å². The molecule has 3 rings (SSSR count). The number of ether oxygens (including phenoxy) is 2. The molecule has 2 aromatic rings. The second kappa shape index (κ2) is 13.8. The van der Waals surface area contributed by atoms with Gasteiger partial charge in [-0.25, -0.2) is 9.69 Å². The number of carbonyl (C=O) groups excluding carboxylic acids is 1. The summed E-state index contributed by atoms with van der Waals surface area (Å²) < 4.78 is 10.8. The number of hydroxylamine groups is 2. The molecule has 1 aliphatic rings. The number of hydrogen-bond donors (Lipinski definition) is 0. The number of unbranched alkanes of at least 4 members (excludes halogenated alkanes) is 2. The van der Waals surface area contributed by atoms with Crippen LogP contribution in [-0.4, -0.2) is 48.4 Å². The fourth-order valence-electron chi connectivity index (χ4n) is 3.96. The molecule has 1 saturated heterocycles. The number of hydrogen-bond acceptors (Lipinski definition) is 7. The minimum atomic E-state index is -0.922. The van der Waals surface area contributed by atoms with E-state index in [1.807, 2.05) is 49.1 Å². The summed E-state index contributed by atoms with van der Waals surface area (Å²) in [6.45, 7) is 4.98. The Kier molecular flexibility index (Phi) is 10.7. The molecule has 7 nitrogen and oxygen atoms in total. The molecular formula is C26H34ClN3O4S. The predicted molar refractivity (Wildman–Crippen MR) is 142 cm³/mol. The van der Waals surface area contributed by atoms with Crippen molar-refractivity contribution in [2.75, 3.05) is 26.4 Å². The number of allylic oxidation sites excluding steroid dienone is 4. The van der Waals surface area contributed by atoms with Crippen LogP contribution in [0.5, 0.6) is 5.75 Å². The number of aromatic nitrogens is 1. The maximum atomic E-state index is 13.8. The molecule has 1 aliphatic heterocycles. The van der Waals surface area contributed by atoms with Gasteiger partial charge in [-0.2, -0.15) is 4.98 Å². The first-order valence-corrected chi connectivity index (χ1v) is 13.2. The van der Waals surface area contributed by atoms with E-state index in [0.717, 1.165) is 50.0 Å². The van der Waals surface area contributed by atoms with Crippen molar-refractivity contribution in [3.05, 3.63) is 69.9 Å². The highest BCUT2D eigenvalue weighted by Crippen LogP contribution is 2.36. The van der Waals surface area contributed by atoms with Crippen molar-refractivity contribution >= 4 is 34.0 Å². The van der Waals surface area contributed by atoms with Crippen LogP contribution in [0.25, 0.3) is 0 Å². The maximum absolute atomic E-state index is 13.8. The summed E-state index contributed by atoms with van der Waals surface area (Å²) in [5, 5.41) is 14.1. The lowest BCUT2D eigenvalue weighted by Gasteiger charge is -2.38. The molecule has 0 radical (unpaired) electrons. The molecular weight excluding hydrogens is 486 g/mol. The zero-order chi connectivity index (χ0) is 25.1. The van der Waals surface area contributed by atoms with E-state index >= 15 is 0 Å². The van der Waals surface area contributed by atoms with Crippen molar-refractivity contribution in [2.45, 2.75) is 52.2 Å². The van der Waals surface area contributed by atoms with E-state index in [1.54, 1.807) is 0 Å². The first kappa shape index (κ1) is 27.4. The zero-order valence-corrected chi connectivity index (χ0v) is 22.0. The SMILES string of the molecule is CC=CCCCc1ccc(OCC(=O)OC2CN(CCCC=CC)C[N+]2([O-])c2ncc(Cl)s2)cc1. The van der Waals surface area contributed by atoms with Crippen LogP contribution in [0.3, 0.4) is 0 Å². The Morgan fingerprint density at radius 2 is 1.94 bits per heavy atom. The van der Waals surface area contributed by atoms with E-state index in [2.05, 4.69) is 23.2 Å². The molecule has 9 heteroatoms. The molecule has 0 aliphatic carbocycles. The Morgan fingerprint density at radius 3 is 2.60 bits per heavy atom. The van der Waals surface area contributed by atoms with E-state index in [9.17, 15) is 10.0 Å². The van der Waals surface area contributed by atoms with Gasteiger partial charge in [-0.05, 0) is 75.0 Å². The standard InChI is InChI=1S/C26H34ClN3O4S/c1-3-5-7-9-11-21-12-14-22(15-13-21)33-19-25(31)34-24-18-29(16-10-8-6-4-2)20-30(24,32)26-28-17-23(27)35-26/h3-6,12-15,17,24H,7-11,16,18-20H2,1-2H3. The van der Waals surface area contributed by atoms with Crippen molar-refractivity contribution < 1.29 is 14.3 Å². The topological polar surface area (TPSA) is 74.7 Å². The van der Waals surface area contributed by atoms with E-state index in [4.69, 9.17) is 21.1 Å². The van der Waals surface area contributed by atoms with Gasteiger partial charge < -0.3 is 14.7 Å². The number of quaternary nitrogens is 1. The maximum Gasteiger partial charge on any atom is 0.348 e. The predicted octanol–water partition coefficient (Wildman–Crippen LogP) is 6.08. The third-order valence-corrected chi connectivity index (χ3v) is 7.01. The van der Waals surface area contributed by atoms with Crippen LogP contribution in [0.15, 0.2) is 54.8 Å². The minimum absolute atomic E-state index is 0.161. The van der Waals surface area contributed by atoms with Crippen LogP contribution in [0.2, 0.25) is 4.34 Å². The normalized spacial score (nSPS) is 20.7. The van der Waals surface area contributed by atoms with Gasteiger partial charge in [0.05, 0.1) is 12.7 Å². The van der Waals surface area contributed by atoms with Gasteiger partial charge in [0.25, 0.3) is 11.4 Å². The molecule has 2 heterocycles. The number of esters is 1. The lowest BCUT2D eigenvalue weighted by atomic mass is 10.1. The van der Waals surface area contributed by atoms with Gasteiger partial charge >= 0.3 is 5.97 Å².